The van der Waals surface area contributed by atoms with E-state index in [1.54, 1.807) is 6.20 Å². The lowest BCUT2D eigenvalue weighted by Gasteiger charge is -2.22. The van der Waals surface area contributed by atoms with Crippen molar-refractivity contribution in [3.63, 3.8) is 0 Å². The first kappa shape index (κ1) is 12.4. The number of halogens is 1. The van der Waals surface area contributed by atoms with E-state index in [1.165, 1.54) is 0 Å². The maximum atomic E-state index is 5.79. The van der Waals surface area contributed by atoms with E-state index >= 15 is 0 Å². The number of nitrogens with two attached hydrogens (primary N) is 1. The van der Waals surface area contributed by atoms with Gasteiger partial charge in [0.15, 0.2) is 0 Å². The first-order valence-corrected chi connectivity index (χ1v) is 5.64. The van der Waals surface area contributed by atoms with Crippen molar-refractivity contribution in [2.24, 2.45) is 11.8 Å². The number of nitrogens with zero attached hydrogens (tertiary/aromatic N) is 1. The van der Waals surface area contributed by atoms with Gasteiger partial charge in [-0.25, -0.2) is 0 Å². The number of hydrogen-bond acceptors (Lipinski definition) is 3. The van der Waals surface area contributed by atoms with Crippen molar-refractivity contribution in [1.29, 1.82) is 0 Å². The van der Waals surface area contributed by atoms with Crippen molar-refractivity contribution >= 4 is 11.6 Å². The fraction of sp³-hybridized carbons (Fsp3) is 0.545. The summed E-state index contributed by atoms with van der Waals surface area (Å²) in [6.07, 6.45) is 3.92. The van der Waals surface area contributed by atoms with Crippen LogP contribution in [0.3, 0.4) is 0 Å². The SMILES string of the molecule is CCCC(C)C(NN)c1ccc(Cl)cn1. The summed E-state index contributed by atoms with van der Waals surface area (Å²) in [5.41, 5.74) is 3.76. The molecule has 0 spiro atoms. The summed E-state index contributed by atoms with van der Waals surface area (Å²) in [6, 6.07) is 3.86. The second kappa shape index (κ2) is 6.05. The van der Waals surface area contributed by atoms with Crippen LogP contribution in [0.2, 0.25) is 5.02 Å². The maximum absolute atomic E-state index is 5.79. The lowest BCUT2D eigenvalue weighted by molar-refractivity contribution is 0.361. The molecule has 1 heterocycles. The van der Waals surface area contributed by atoms with Crippen LogP contribution in [-0.4, -0.2) is 4.98 Å². The van der Waals surface area contributed by atoms with Gasteiger partial charge in [0.25, 0.3) is 0 Å². The lowest BCUT2D eigenvalue weighted by Crippen LogP contribution is -2.33. The van der Waals surface area contributed by atoms with Gasteiger partial charge < -0.3 is 0 Å². The van der Waals surface area contributed by atoms with Gasteiger partial charge in [-0.1, -0.05) is 31.9 Å². The van der Waals surface area contributed by atoms with E-state index < -0.39 is 0 Å². The second-order valence-corrected chi connectivity index (χ2v) is 4.25. The molecule has 3 N–H and O–H groups in total. The van der Waals surface area contributed by atoms with Gasteiger partial charge in [0.2, 0.25) is 0 Å². The zero-order valence-electron chi connectivity index (χ0n) is 9.20. The summed E-state index contributed by atoms with van der Waals surface area (Å²) in [5, 5.41) is 0.651. The molecule has 2 atom stereocenters. The zero-order chi connectivity index (χ0) is 11.3. The number of aromatic nitrogens is 1. The molecule has 0 aliphatic heterocycles. The van der Waals surface area contributed by atoms with Crippen molar-refractivity contribution in [3.8, 4) is 0 Å². The highest BCUT2D eigenvalue weighted by Crippen LogP contribution is 2.23. The van der Waals surface area contributed by atoms with Crippen LogP contribution in [0.4, 0.5) is 0 Å². The number of hydrogen-bond donors (Lipinski definition) is 2. The standard InChI is InChI=1S/C11H18ClN3/c1-3-4-8(2)11(15-13)10-6-5-9(12)7-14-10/h5-8,11,15H,3-4,13H2,1-2H3. The fourth-order valence-electron chi connectivity index (χ4n) is 1.73. The molecule has 1 aromatic heterocycles. The molecular weight excluding hydrogens is 210 g/mol. The minimum absolute atomic E-state index is 0.0993. The van der Waals surface area contributed by atoms with Crippen molar-refractivity contribution < 1.29 is 0 Å². The summed E-state index contributed by atoms with van der Waals surface area (Å²) in [5.74, 6) is 6.02. The number of pyridine rings is 1. The average molecular weight is 228 g/mol. The molecule has 0 aliphatic rings. The minimum Gasteiger partial charge on any atom is -0.271 e. The Morgan fingerprint density at radius 2 is 2.27 bits per heavy atom. The number of nitrogens with one attached hydrogen (secondary N) is 1. The summed E-state index contributed by atoms with van der Waals surface area (Å²) in [7, 11) is 0. The number of hydrazine groups is 1. The molecule has 4 heteroatoms. The van der Waals surface area contributed by atoms with Crippen LogP contribution in [0.25, 0.3) is 0 Å². The van der Waals surface area contributed by atoms with Gasteiger partial charge in [-0.2, -0.15) is 0 Å². The van der Waals surface area contributed by atoms with Crippen LogP contribution in [0.15, 0.2) is 18.3 Å². The minimum atomic E-state index is 0.0993. The first-order chi connectivity index (χ1) is 7.19. The highest BCUT2D eigenvalue weighted by atomic mass is 35.5. The van der Waals surface area contributed by atoms with E-state index in [-0.39, 0.29) is 6.04 Å². The Balaban J connectivity index is 2.77. The third-order valence-corrected chi connectivity index (χ3v) is 2.79. The van der Waals surface area contributed by atoms with E-state index in [4.69, 9.17) is 17.4 Å². The van der Waals surface area contributed by atoms with Crippen molar-refractivity contribution in [2.45, 2.75) is 32.7 Å². The lowest BCUT2D eigenvalue weighted by atomic mass is 9.94. The zero-order valence-corrected chi connectivity index (χ0v) is 9.96. The molecular formula is C11H18ClN3. The molecule has 15 heavy (non-hydrogen) atoms. The summed E-state index contributed by atoms with van der Waals surface area (Å²) in [4.78, 5) is 4.28. The quantitative estimate of drug-likeness (QED) is 0.601. The molecule has 84 valence electrons. The monoisotopic (exact) mass is 227 g/mol. The highest BCUT2D eigenvalue weighted by Gasteiger charge is 2.18. The molecule has 1 rings (SSSR count). The Kier molecular flexibility index (Phi) is 5.02. The van der Waals surface area contributed by atoms with E-state index in [0.29, 0.717) is 10.9 Å². The van der Waals surface area contributed by atoms with Crippen LogP contribution >= 0.6 is 11.6 Å². The van der Waals surface area contributed by atoms with E-state index in [9.17, 15) is 0 Å². The first-order valence-electron chi connectivity index (χ1n) is 5.26. The van der Waals surface area contributed by atoms with Gasteiger partial charge in [-0.3, -0.25) is 16.3 Å². The predicted molar refractivity (Wildman–Crippen MR) is 63.4 cm³/mol. The fourth-order valence-corrected chi connectivity index (χ4v) is 1.85. The van der Waals surface area contributed by atoms with Gasteiger partial charge >= 0.3 is 0 Å². The Morgan fingerprint density at radius 3 is 2.73 bits per heavy atom. The largest absolute Gasteiger partial charge is 0.271 e. The van der Waals surface area contributed by atoms with Gasteiger partial charge in [0.1, 0.15) is 0 Å². The van der Waals surface area contributed by atoms with Gasteiger partial charge in [0, 0.05) is 6.20 Å². The van der Waals surface area contributed by atoms with Gasteiger partial charge in [-0.15, -0.1) is 0 Å². The topological polar surface area (TPSA) is 50.9 Å². The molecule has 0 aromatic carbocycles. The molecule has 0 radical (unpaired) electrons. The predicted octanol–water partition coefficient (Wildman–Crippen LogP) is 2.68. The molecule has 0 bridgehead atoms. The molecule has 1 aromatic rings. The Hall–Kier alpha value is -0.640. The average Bonchev–Trinajstić information content (AvgIpc) is 2.22. The third-order valence-electron chi connectivity index (χ3n) is 2.56. The van der Waals surface area contributed by atoms with Crippen molar-refractivity contribution in [2.75, 3.05) is 0 Å². The third kappa shape index (κ3) is 3.45. The molecule has 0 saturated carbocycles. The van der Waals surface area contributed by atoms with Crippen LogP contribution in [-0.2, 0) is 0 Å². The van der Waals surface area contributed by atoms with Crippen molar-refractivity contribution in [1.82, 2.24) is 10.4 Å². The molecule has 0 aliphatic carbocycles. The molecule has 0 saturated heterocycles. The van der Waals surface area contributed by atoms with E-state index in [0.717, 1.165) is 18.5 Å². The maximum Gasteiger partial charge on any atom is 0.0657 e. The van der Waals surface area contributed by atoms with E-state index in [2.05, 4.69) is 24.3 Å². The van der Waals surface area contributed by atoms with Gasteiger partial charge in [-0.05, 0) is 24.5 Å². The van der Waals surface area contributed by atoms with Gasteiger partial charge in [0.05, 0.1) is 16.8 Å². The summed E-state index contributed by atoms with van der Waals surface area (Å²) in [6.45, 7) is 4.34. The van der Waals surface area contributed by atoms with Crippen LogP contribution in [0.5, 0.6) is 0 Å². The van der Waals surface area contributed by atoms with Crippen LogP contribution in [0, 0.1) is 5.92 Å². The molecule has 0 amide bonds. The summed E-state index contributed by atoms with van der Waals surface area (Å²) >= 11 is 5.79. The Labute approximate surface area is 96.0 Å². The summed E-state index contributed by atoms with van der Waals surface area (Å²) < 4.78 is 0. The molecule has 0 fully saturated rings. The van der Waals surface area contributed by atoms with Crippen LogP contribution in [0.1, 0.15) is 38.4 Å². The second-order valence-electron chi connectivity index (χ2n) is 3.81. The number of rotatable bonds is 5. The Morgan fingerprint density at radius 1 is 1.53 bits per heavy atom. The smallest absolute Gasteiger partial charge is 0.0657 e. The normalized spacial score (nSPS) is 14.9. The van der Waals surface area contributed by atoms with E-state index in [1.807, 2.05) is 12.1 Å². The molecule has 2 unspecified atom stereocenters. The van der Waals surface area contributed by atoms with Crippen molar-refractivity contribution in [3.05, 3.63) is 29.0 Å². The van der Waals surface area contributed by atoms with Crippen LogP contribution < -0.4 is 11.3 Å². The highest BCUT2D eigenvalue weighted by molar-refractivity contribution is 6.30. The Bertz CT molecular complexity index is 286. The molecule has 3 nitrogen and oxygen atoms in total.